The molecule has 2 nitrogen and oxygen atoms in total. The van der Waals surface area contributed by atoms with Gasteiger partial charge in [-0.25, -0.2) is 4.98 Å². The van der Waals surface area contributed by atoms with E-state index in [-0.39, 0.29) is 6.04 Å². The molecule has 0 saturated heterocycles. The number of hydrogen-bond acceptors (Lipinski definition) is 3. The molecule has 0 aliphatic heterocycles. The van der Waals surface area contributed by atoms with Crippen LogP contribution in [0.25, 0.3) is 0 Å². The Balaban J connectivity index is 2.04. The van der Waals surface area contributed by atoms with Crippen LogP contribution < -0.4 is 5.32 Å². The van der Waals surface area contributed by atoms with Gasteiger partial charge < -0.3 is 5.32 Å². The van der Waals surface area contributed by atoms with Gasteiger partial charge in [-0.05, 0) is 30.7 Å². The highest BCUT2D eigenvalue weighted by molar-refractivity contribution is 7.09. The van der Waals surface area contributed by atoms with Gasteiger partial charge in [0.1, 0.15) is 5.01 Å². The first-order chi connectivity index (χ1) is 8.16. The van der Waals surface area contributed by atoms with E-state index in [0.29, 0.717) is 5.02 Å². The van der Waals surface area contributed by atoms with Crippen LogP contribution >= 0.6 is 34.5 Å². The summed E-state index contributed by atoms with van der Waals surface area (Å²) in [7, 11) is 0. The predicted octanol–water partition coefficient (Wildman–Crippen LogP) is 4.30. The monoisotopic (exact) mass is 286 g/mol. The largest absolute Gasteiger partial charge is 0.304 e. The average molecular weight is 287 g/mol. The summed E-state index contributed by atoms with van der Waals surface area (Å²) in [5.41, 5.74) is 1.01. The summed E-state index contributed by atoms with van der Waals surface area (Å²) in [4.78, 5) is 4.22. The normalized spacial score (nSPS) is 12.6. The molecule has 90 valence electrons. The minimum atomic E-state index is 0.144. The summed E-state index contributed by atoms with van der Waals surface area (Å²) >= 11 is 13.7. The molecule has 1 aromatic heterocycles. The van der Waals surface area contributed by atoms with Crippen molar-refractivity contribution < 1.29 is 0 Å². The predicted molar refractivity (Wildman–Crippen MR) is 73.8 cm³/mol. The fourth-order valence-corrected chi connectivity index (χ4v) is 2.57. The Hall–Kier alpha value is -0.610. The highest BCUT2D eigenvalue weighted by atomic mass is 35.5. The van der Waals surface area contributed by atoms with Crippen LogP contribution in [-0.4, -0.2) is 4.98 Å². The quantitative estimate of drug-likeness (QED) is 0.906. The van der Waals surface area contributed by atoms with Gasteiger partial charge >= 0.3 is 0 Å². The third-order valence-corrected chi connectivity index (χ3v) is 3.83. The molecule has 0 aliphatic rings. The zero-order chi connectivity index (χ0) is 12.3. The second-order valence-corrected chi connectivity index (χ2v) is 5.52. The molecule has 1 N–H and O–H groups in total. The van der Waals surface area contributed by atoms with Gasteiger partial charge in [0.05, 0.1) is 0 Å². The van der Waals surface area contributed by atoms with E-state index in [0.717, 1.165) is 22.1 Å². The molecular weight excluding hydrogens is 275 g/mol. The van der Waals surface area contributed by atoms with E-state index in [1.165, 1.54) is 0 Å². The van der Waals surface area contributed by atoms with Crippen molar-refractivity contribution in [3.8, 4) is 0 Å². The van der Waals surface area contributed by atoms with Crippen LogP contribution in [0.3, 0.4) is 0 Å². The number of hydrogen-bond donors (Lipinski definition) is 1. The Kier molecular flexibility index (Phi) is 4.40. The molecule has 1 unspecified atom stereocenters. The molecule has 0 spiro atoms. The van der Waals surface area contributed by atoms with E-state index < -0.39 is 0 Å². The van der Waals surface area contributed by atoms with Gasteiger partial charge in [-0.15, -0.1) is 11.3 Å². The lowest BCUT2D eigenvalue weighted by atomic mass is 10.1. The standard InChI is InChI=1S/C12H12Cl2N2S/c1-8(16-7-12-15-4-5-17-12)10-6-9(13)2-3-11(10)14/h2-6,8,16H,7H2,1H3. The number of rotatable bonds is 4. The van der Waals surface area contributed by atoms with Crippen LogP contribution in [0.5, 0.6) is 0 Å². The third-order valence-electron chi connectivity index (χ3n) is 2.47. The van der Waals surface area contributed by atoms with Crippen molar-refractivity contribution in [1.29, 1.82) is 0 Å². The van der Waals surface area contributed by atoms with E-state index in [1.807, 2.05) is 17.5 Å². The van der Waals surface area contributed by atoms with Gasteiger partial charge in [0.25, 0.3) is 0 Å². The lowest BCUT2D eigenvalue weighted by Crippen LogP contribution is -2.18. The van der Waals surface area contributed by atoms with E-state index in [2.05, 4.69) is 17.2 Å². The molecule has 0 radical (unpaired) electrons. The first-order valence-corrected chi connectivity index (χ1v) is 6.87. The molecule has 0 amide bonds. The molecule has 0 aliphatic carbocycles. The van der Waals surface area contributed by atoms with Crippen molar-refractivity contribution in [3.63, 3.8) is 0 Å². The molecule has 1 atom stereocenters. The minimum Gasteiger partial charge on any atom is -0.304 e. The maximum atomic E-state index is 6.14. The summed E-state index contributed by atoms with van der Waals surface area (Å²) in [6.45, 7) is 2.80. The number of benzene rings is 1. The van der Waals surface area contributed by atoms with Crippen LogP contribution in [0, 0.1) is 0 Å². The minimum absolute atomic E-state index is 0.144. The third kappa shape index (κ3) is 3.42. The van der Waals surface area contributed by atoms with Crippen molar-refractivity contribution in [3.05, 3.63) is 50.4 Å². The maximum Gasteiger partial charge on any atom is 0.106 e. The lowest BCUT2D eigenvalue weighted by molar-refractivity contribution is 0.573. The van der Waals surface area contributed by atoms with Gasteiger partial charge in [0.15, 0.2) is 0 Å². The summed E-state index contributed by atoms with van der Waals surface area (Å²) in [5.74, 6) is 0. The van der Waals surface area contributed by atoms with E-state index in [9.17, 15) is 0 Å². The fourth-order valence-electron chi connectivity index (χ4n) is 1.54. The van der Waals surface area contributed by atoms with Crippen LogP contribution in [0.1, 0.15) is 23.5 Å². The summed E-state index contributed by atoms with van der Waals surface area (Å²) in [6, 6.07) is 5.65. The van der Waals surface area contributed by atoms with Crippen molar-refractivity contribution in [2.24, 2.45) is 0 Å². The topological polar surface area (TPSA) is 24.9 Å². The van der Waals surface area contributed by atoms with Crippen LogP contribution in [0.15, 0.2) is 29.8 Å². The molecule has 2 aromatic rings. The Morgan fingerprint density at radius 3 is 2.94 bits per heavy atom. The molecule has 0 bridgehead atoms. The lowest BCUT2D eigenvalue weighted by Gasteiger charge is -2.15. The van der Waals surface area contributed by atoms with E-state index >= 15 is 0 Å². The Morgan fingerprint density at radius 2 is 2.24 bits per heavy atom. The number of nitrogens with one attached hydrogen (secondary N) is 1. The number of aromatic nitrogens is 1. The summed E-state index contributed by atoms with van der Waals surface area (Å²) in [6.07, 6.45) is 1.80. The average Bonchev–Trinajstić information content (AvgIpc) is 2.82. The zero-order valence-corrected chi connectivity index (χ0v) is 11.6. The second-order valence-electron chi connectivity index (χ2n) is 3.69. The first-order valence-electron chi connectivity index (χ1n) is 5.23. The summed E-state index contributed by atoms with van der Waals surface area (Å²) < 4.78 is 0. The van der Waals surface area contributed by atoms with Gasteiger partial charge in [-0.3, -0.25) is 0 Å². The van der Waals surface area contributed by atoms with Crippen molar-refractivity contribution in [2.45, 2.75) is 19.5 Å². The van der Waals surface area contributed by atoms with Crippen LogP contribution in [0.2, 0.25) is 10.0 Å². The first kappa shape index (κ1) is 12.8. The molecular formula is C12H12Cl2N2S. The molecule has 5 heteroatoms. The molecule has 1 aromatic carbocycles. The highest BCUT2D eigenvalue weighted by Gasteiger charge is 2.10. The number of thiazole rings is 1. The van der Waals surface area contributed by atoms with E-state index in [1.54, 1.807) is 23.6 Å². The smallest absolute Gasteiger partial charge is 0.106 e. The van der Waals surface area contributed by atoms with Crippen molar-refractivity contribution >= 4 is 34.5 Å². The zero-order valence-electron chi connectivity index (χ0n) is 9.28. The SMILES string of the molecule is CC(NCc1nccs1)c1cc(Cl)ccc1Cl. The molecule has 2 rings (SSSR count). The van der Waals surface area contributed by atoms with E-state index in [4.69, 9.17) is 23.2 Å². The van der Waals surface area contributed by atoms with Gasteiger partial charge in [-0.2, -0.15) is 0 Å². The Bertz CT molecular complexity index is 485. The maximum absolute atomic E-state index is 6.14. The van der Waals surface area contributed by atoms with Crippen molar-refractivity contribution in [2.75, 3.05) is 0 Å². The second kappa shape index (κ2) is 5.83. The molecule has 0 fully saturated rings. The van der Waals surface area contributed by atoms with Crippen molar-refractivity contribution in [1.82, 2.24) is 10.3 Å². The molecule has 1 heterocycles. The Labute approximate surface area is 115 Å². The van der Waals surface area contributed by atoms with Gasteiger partial charge in [0, 0.05) is 34.2 Å². The Morgan fingerprint density at radius 1 is 1.41 bits per heavy atom. The summed E-state index contributed by atoms with van der Waals surface area (Å²) in [5, 5.41) is 7.84. The highest BCUT2D eigenvalue weighted by Crippen LogP contribution is 2.26. The van der Waals surface area contributed by atoms with Crippen LogP contribution in [-0.2, 0) is 6.54 Å². The van der Waals surface area contributed by atoms with Gasteiger partial charge in [0.2, 0.25) is 0 Å². The number of nitrogens with zero attached hydrogens (tertiary/aromatic N) is 1. The fraction of sp³-hybridized carbons (Fsp3) is 0.250. The molecule has 0 saturated carbocycles. The number of halogens is 2. The molecule has 17 heavy (non-hydrogen) atoms. The van der Waals surface area contributed by atoms with Gasteiger partial charge in [-0.1, -0.05) is 23.2 Å². The van der Waals surface area contributed by atoms with Crippen LogP contribution in [0.4, 0.5) is 0 Å².